The number of methoxy groups -OCH3 is 1. The van der Waals surface area contributed by atoms with Crippen LogP contribution in [-0.2, 0) is 19.6 Å². The first kappa shape index (κ1) is 18.0. The summed E-state index contributed by atoms with van der Waals surface area (Å²) in [4.78, 5) is 27.2. The number of benzene rings is 1. The number of hydrogen-bond acceptors (Lipinski definition) is 5. The number of nitrogens with zero attached hydrogens (tertiary/aromatic N) is 4. The van der Waals surface area contributed by atoms with Crippen LogP contribution in [0.1, 0.15) is 31.2 Å². The summed E-state index contributed by atoms with van der Waals surface area (Å²) in [7, 11) is 1.68. The topological polar surface area (TPSA) is 69.4 Å². The monoisotopic (exact) mass is 370 g/mol. The Balaban J connectivity index is 1.56. The van der Waals surface area contributed by atoms with Gasteiger partial charge in [-0.15, -0.1) is 0 Å². The van der Waals surface area contributed by atoms with Gasteiger partial charge in [0.15, 0.2) is 0 Å². The molecule has 3 heterocycles. The standard InChI is InChI=1S/C20H26N4O3/c1-13(2)8-24-20(26)19(25)23-11-15-10-22(12-17(15)18(23)21-24)9-14-5-4-6-16(7-14)27-3/h4-7,13,15,17H,8-12H2,1-3H3/t15-,17-/m1/s1. The maximum Gasteiger partial charge on any atom is 0.332 e. The van der Waals surface area contributed by atoms with Crippen molar-refractivity contribution in [2.75, 3.05) is 20.2 Å². The lowest BCUT2D eigenvalue weighted by Gasteiger charge is -2.18. The van der Waals surface area contributed by atoms with E-state index in [0.29, 0.717) is 19.0 Å². The SMILES string of the molecule is COc1cccc(CN2C[C@@H]3Cn4c(nn(CC(C)C)c(=O)c4=O)[C@@H]3C2)c1. The molecule has 144 valence electrons. The molecule has 2 atom stereocenters. The van der Waals surface area contributed by atoms with E-state index in [9.17, 15) is 9.59 Å². The molecule has 0 spiro atoms. The van der Waals surface area contributed by atoms with Crippen LogP contribution < -0.4 is 15.9 Å². The molecule has 1 aromatic carbocycles. The van der Waals surface area contributed by atoms with Gasteiger partial charge in [0.2, 0.25) is 0 Å². The van der Waals surface area contributed by atoms with Crippen molar-refractivity contribution >= 4 is 0 Å². The Kier molecular flexibility index (Phi) is 4.63. The molecule has 1 fully saturated rings. The predicted octanol–water partition coefficient (Wildman–Crippen LogP) is 1.30. The lowest BCUT2D eigenvalue weighted by atomic mass is 10.00. The average molecular weight is 370 g/mol. The fraction of sp³-hybridized carbons (Fsp3) is 0.550. The minimum absolute atomic E-state index is 0.210. The lowest BCUT2D eigenvalue weighted by Crippen LogP contribution is -2.44. The Morgan fingerprint density at radius 1 is 1.19 bits per heavy atom. The highest BCUT2D eigenvalue weighted by Crippen LogP contribution is 2.37. The zero-order valence-corrected chi connectivity index (χ0v) is 16.1. The van der Waals surface area contributed by atoms with Crippen LogP contribution >= 0.6 is 0 Å². The second-order valence-corrected chi connectivity index (χ2v) is 8.07. The highest BCUT2D eigenvalue weighted by Gasteiger charge is 2.42. The maximum absolute atomic E-state index is 12.5. The van der Waals surface area contributed by atoms with Crippen molar-refractivity contribution in [1.29, 1.82) is 0 Å². The van der Waals surface area contributed by atoms with Crippen molar-refractivity contribution in [1.82, 2.24) is 19.2 Å². The molecule has 0 saturated carbocycles. The van der Waals surface area contributed by atoms with Crippen molar-refractivity contribution in [2.24, 2.45) is 11.8 Å². The lowest BCUT2D eigenvalue weighted by molar-refractivity contribution is 0.302. The summed E-state index contributed by atoms with van der Waals surface area (Å²) in [5.74, 6) is 2.46. The van der Waals surface area contributed by atoms with E-state index in [1.807, 2.05) is 26.0 Å². The zero-order valence-electron chi connectivity index (χ0n) is 16.1. The van der Waals surface area contributed by atoms with Gasteiger partial charge in [0.1, 0.15) is 11.6 Å². The van der Waals surface area contributed by atoms with Crippen LogP contribution in [0.2, 0.25) is 0 Å². The van der Waals surface area contributed by atoms with Crippen molar-refractivity contribution in [2.45, 2.75) is 39.4 Å². The minimum atomic E-state index is -0.499. The molecule has 0 amide bonds. The van der Waals surface area contributed by atoms with E-state index in [1.165, 1.54) is 10.2 Å². The third-order valence-electron chi connectivity index (χ3n) is 5.51. The van der Waals surface area contributed by atoms with E-state index < -0.39 is 11.1 Å². The van der Waals surface area contributed by atoms with Crippen molar-refractivity contribution in [3.8, 4) is 5.75 Å². The van der Waals surface area contributed by atoms with Crippen molar-refractivity contribution < 1.29 is 4.74 Å². The van der Waals surface area contributed by atoms with E-state index in [4.69, 9.17) is 4.74 Å². The quantitative estimate of drug-likeness (QED) is 0.742. The fourth-order valence-electron chi connectivity index (χ4n) is 4.30. The smallest absolute Gasteiger partial charge is 0.332 e. The van der Waals surface area contributed by atoms with Gasteiger partial charge in [0, 0.05) is 44.6 Å². The molecule has 2 aromatic rings. The number of rotatable bonds is 5. The highest BCUT2D eigenvalue weighted by atomic mass is 16.5. The van der Waals surface area contributed by atoms with Gasteiger partial charge in [0.05, 0.1) is 7.11 Å². The third kappa shape index (κ3) is 3.32. The van der Waals surface area contributed by atoms with Gasteiger partial charge in [-0.2, -0.15) is 5.10 Å². The summed E-state index contributed by atoms with van der Waals surface area (Å²) in [5.41, 5.74) is 0.291. The minimum Gasteiger partial charge on any atom is -0.497 e. The van der Waals surface area contributed by atoms with Crippen LogP contribution in [-0.4, -0.2) is 39.4 Å². The van der Waals surface area contributed by atoms with Gasteiger partial charge in [-0.1, -0.05) is 26.0 Å². The molecule has 27 heavy (non-hydrogen) atoms. The Bertz CT molecular complexity index is 962. The molecule has 7 heteroatoms. The van der Waals surface area contributed by atoms with Gasteiger partial charge in [-0.3, -0.25) is 19.1 Å². The Labute approximate surface area is 158 Å². The Hall–Kier alpha value is -2.41. The summed E-state index contributed by atoms with van der Waals surface area (Å²) >= 11 is 0. The number of ether oxygens (including phenoxy) is 1. The first-order valence-corrected chi connectivity index (χ1v) is 9.53. The van der Waals surface area contributed by atoms with Crippen LogP contribution in [0.4, 0.5) is 0 Å². The molecule has 2 aliphatic rings. The first-order chi connectivity index (χ1) is 13.0. The van der Waals surface area contributed by atoms with Gasteiger partial charge in [-0.05, 0) is 23.6 Å². The van der Waals surface area contributed by atoms with Crippen molar-refractivity contribution in [3.63, 3.8) is 0 Å². The highest BCUT2D eigenvalue weighted by molar-refractivity contribution is 5.28. The van der Waals surface area contributed by atoms with Crippen LogP contribution in [0, 0.1) is 11.8 Å². The number of hydrogen-bond donors (Lipinski definition) is 0. The number of likely N-dealkylation sites (tertiary alicyclic amines) is 1. The zero-order chi connectivity index (χ0) is 19.1. The van der Waals surface area contributed by atoms with E-state index >= 15 is 0 Å². The van der Waals surface area contributed by atoms with Gasteiger partial charge in [-0.25, -0.2) is 4.68 Å². The molecule has 0 aliphatic carbocycles. The molecule has 0 N–H and O–H groups in total. The molecular weight excluding hydrogens is 344 g/mol. The van der Waals surface area contributed by atoms with E-state index in [1.54, 1.807) is 11.7 Å². The summed E-state index contributed by atoms with van der Waals surface area (Å²) in [5, 5.41) is 4.59. The van der Waals surface area contributed by atoms with E-state index in [0.717, 1.165) is 31.2 Å². The third-order valence-corrected chi connectivity index (χ3v) is 5.51. The summed E-state index contributed by atoms with van der Waals surface area (Å²) < 4.78 is 8.29. The van der Waals surface area contributed by atoms with E-state index in [-0.39, 0.29) is 11.8 Å². The van der Waals surface area contributed by atoms with Crippen LogP contribution in [0.3, 0.4) is 0 Å². The second kappa shape index (κ2) is 6.96. The molecule has 4 rings (SSSR count). The number of aromatic nitrogens is 3. The van der Waals surface area contributed by atoms with E-state index in [2.05, 4.69) is 22.1 Å². The molecule has 0 unspecified atom stereocenters. The fourth-order valence-corrected chi connectivity index (χ4v) is 4.30. The molecular formula is C20H26N4O3. The largest absolute Gasteiger partial charge is 0.497 e. The predicted molar refractivity (Wildman–Crippen MR) is 102 cm³/mol. The van der Waals surface area contributed by atoms with Gasteiger partial charge in [0.25, 0.3) is 0 Å². The van der Waals surface area contributed by atoms with Crippen LogP contribution in [0.5, 0.6) is 5.75 Å². The summed E-state index contributed by atoms with van der Waals surface area (Å²) in [6, 6.07) is 8.12. The number of fused-ring (bicyclic) bond motifs is 3. The Morgan fingerprint density at radius 2 is 2.00 bits per heavy atom. The van der Waals surface area contributed by atoms with Gasteiger partial charge >= 0.3 is 11.1 Å². The van der Waals surface area contributed by atoms with Crippen molar-refractivity contribution in [3.05, 3.63) is 56.4 Å². The van der Waals surface area contributed by atoms with Gasteiger partial charge < -0.3 is 4.74 Å². The summed E-state index contributed by atoms with van der Waals surface area (Å²) in [6.07, 6.45) is 0. The molecule has 2 aliphatic heterocycles. The average Bonchev–Trinajstić information content (AvgIpc) is 3.17. The Morgan fingerprint density at radius 3 is 2.74 bits per heavy atom. The van der Waals surface area contributed by atoms with Crippen LogP contribution in [0.15, 0.2) is 33.9 Å². The molecule has 7 nitrogen and oxygen atoms in total. The first-order valence-electron chi connectivity index (χ1n) is 9.53. The molecule has 1 saturated heterocycles. The molecule has 0 bridgehead atoms. The van der Waals surface area contributed by atoms with Crippen LogP contribution in [0.25, 0.3) is 0 Å². The summed E-state index contributed by atoms with van der Waals surface area (Å²) in [6.45, 7) is 7.72. The molecule has 0 radical (unpaired) electrons. The maximum atomic E-state index is 12.5. The second-order valence-electron chi connectivity index (χ2n) is 8.07. The molecule has 1 aromatic heterocycles. The normalized spacial score (nSPS) is 21.5.